The van der Waals surface area contributed by atoms with Gasteiger partial charge in [-0.3, -0.25) is 5.32 Å². The van der Waals surface area contributed by atoms with Gasteiger partial charge in [0.15, 0.2) is 0 Å². The number of halogens is 4. The lowest BCUT2D eigenvalue weighted by molar-refractivity contribution is -0.171. The van der Waals surface area contributed by atoms with Crippen LogP contribution >= 0.6 is 12.4 Å². The van der Waals surface area contributed by atoms with E-state index in [0.29, 0.717) is 0 Å². The number of hydrogen-bond acceptors (Lipinski definition) is 3. The molecular weight excluding hydrogens is 243 g/mol. The van der Waals surface area contributed by atoms with E-state index >= 15 is 0 Å². The Bertz CT molecular complexity index is 371. The van der Waals surface area contributed by atoms with Crippen LogP contribution in [-0.2, 0) is 6.54 Å². The molecule has 0 amide bonds. The van der Waals surface area contributed by atoms with Gasteiger partial charge in [-0.15, -0.1) is 22.6 Å². The van der Waals surface area contributed by atoms with Gasteiger partial charge in [0.25, 0.3) is 0 Å². The van der Waals surface area contributed by atoms with E-state index < -0.39 is 12.0 Å². The van der Waals surface area contributed by atoms with Crippen molar-refractivity contribution >= 4 is 12.4 Å². The second-order valence-corrected chi connectivity index (χ2v) is 3.21. The van der Waals surface area contributed by atoms with Gasteiger partial charge in [0.2, 0.25) is 0 Å². The molecule has 0 fully saturated rings. The molecule has 1 aromatic carbocycles. The Morgan fingerprint density at radius 2 is 1.69 bits per heavy atom. The highest BCUT2D eigenvalue weighted by Crippen LogP contribution is 2.41. The van der Waals surface area contributed by atoms with Crippen LogP contribution in [0.2, 0.25) is 0 Å². The predicted molar refractivity (Wildman–Crippen MR) is 54.2 cm³/mol. The van der Waals surface area contributed by atoms with Crippen molar-refractivity contribution in [3.8, 4) is 0 Å². The molecular formula is C9H9ClF3N3. The molecule has 0 unspecified atom stereocenters. The largest absolute Gasteiger partial charge is 0.452 e. The molecule has 1 N–H and O–H groups in total. The number of rotatable bonds is 3. The molecule has 1 aliphatic rings. The highest BCUT2D eigenvalue weighted by atomic mass is 35.5. The van der Waals surface area contributed by atoms with Crippen LogP contribution in [0.15, 0.2) is 40.6 Å². The number of nitrogens with one attached hydrogen (secondary N) is 1. The number of alkyl halides is 3. The summed E-state index contributed by atoms with van der Waals surface area (Å²) in [5, 5.41) is 8.29. The number of hydrogen-bond donors (Lipinski definition) is 1. The van der Waals surface area contributed by atoms with Crippen LogP contribution < -0.4 is 5.32 Å². The van der Waals surface area contributed by atoms with Gasteiger partial charge in [-0.1, -0.05) is 30.3 Å². The molecule has 0 aliphatic carbocycles. The van der Waals surface area contributed by atoms with Gasteiger partial charge in [0.05, 0.1) is 0 Å². The molecule has 88 valence electrons. The van der Waals surface area contributed by atoms with Gasteiger partial charge < -0.3 is 0 Å². The third-order valence-corrected chi connectivity index (χ3v) is 2.08. The first-order chi connectivity index (χ1) is 7.04. The second-order valence-electron chi connectivity index (χ2n) is 3.21. The van der Waals surface area contributed by atoms with Crippen molar-refractivity contribution in [1.82, 2.24) is 5.32 Å². The zero-order valence-corrected chi connectivity index (χ0v) is 8.85. The normalized spacial score (nSPS) is 16.7. The molecule has 0 aromatic heterocycles. The van der Waals surface area contributed by atoms with E-state index in [1.165, 1.54) is 0 Å². The highest BCUT2D eigenvalue weighted by molar-refractivity contribution is 5.85. The van der Waals surface area contributed by atoms with Crippen LogP contribution in [0.5, 0.6) is 0 Å². The topological polar surface area (TPSA) is 36.8 Å². The van der Waals surface area contributed by atoms with E-state index in [0.717, 1.165) is 5.56 Å². The third kappa shape index (κ3) is 2.51. The Labute approximate surface area is 96.2 Å². The lowest BCUT2D eigenvalue weighted by Crippen LogP contribution is -2.45. The van der Waals surface area contributed by atoms with Gasteiger partial charge in [-0.2, -0.15) is 13.2 Å². The SMILES string of the molecule is Cl.FC(F)(F)C1(NCc2ccccc2)N=N1. The van der Waals surface area contributed by atoms with Crippen molar-refractivity contribution < 1.29 is 13.2 Å². The quantitative estimate of drug-likeness (QED) is 0.881. The summed E-state index contributed by atoms with van der Waals surface area (Å²) in [5.41, 5.74) is 0.762. The summed E-state index contributed by atoms with van der Waals surface area (Å²) in [5.74, 6) is -2.36. The van der Waals surface area contributed by atoms with Crippen molar-refractivity contribution in [2.45, 2.75) is 18.5 Å². The van der Waals surface area contributed by atoms with E-state index in [-0.39, 0.29) is 19.0 Å². The molecule has 0 bridgehead atoms. The lowest BCUT2D eigenvalue weighted by atomic mass is 10.2. The third-order valence-electron chi connectivity index (χ3n) is 2.08. The average molecular weight is 252 g/mol. The highest BCUT2D eigenvalue weighted by Gasteiger charge is 2.63. The summed E-state index contributed by atoms with van der Waals surface area (Å²) in [6.45, 7) is 0.0906. The van der Waals surface area contributed by atoms with E-state index in [1.54, 1.807) is 30.3 Å². The van der Waals surface area contributed by atoms with Crippen LogP contribution in [0.1, 0.15) is 5.56 Å². The Hall–Kier alpha value is -1.14. The molecule has 1 heterocycles. The van der Waals surface area contributed by atoms with Crippen LogP contribution in [0, 0.1) is 0 Å². The Morgan fingerprint density at radius 3 is 2.12 bits per heavy atom. The summed E-state index contributed by atoms with van der Waals surface area (Å²) >= 11 is 0. The van der Waals surface area contributed by atoms with Gasteiger partial charge in [-0.25, -0.2) is 0 Å². The van der Waals surface area contributed by atoms with Crippen molar-refractivity contribution in [2.24, 2.45) is 10.2 Å². The maximum Gasteiger partial charge on any atom is 0.452 e. The summed E-state index contributed by atoms with van der Waals surface area (Å²) < 4.78 is 37.0. The predicted octanol–water partition coefficient (Wildman–Crippen LogP) is 2.88. The van der Waals surface area contributed by atoms with Crippen molar-refractivity contribution in [3.63, 3.8) is 0 Å². The first kappa shape index (κ1) is 12.9. The summed E-state index contributed by atoms with van der Waals surface area (Å²) in [6, 6.07) is 8.80. The van der Waals surface area contributed by atoms with Crippen LogP contribution in [0.25, 0.3) is 0 Å². The van der Waals surface area contributed by atoms with E-state index in [9.17, 15) is 13.2 Å². The molecule has 0 saturated carbocycles. The minimum Gasteiger partial charge on any atom is -0.260 e. The van der Waals surface area contributed by atoms with Crippen LogP contribution in [-0.4, -0.2) is 12.0 Å². The van der Waals surface area contributed by atoms with Crippen molar-refractivity contribution in [1.29, 1.82) is 0 Å². The molecule has 1 aromatic rings. The second kappa shape index (κ2) is 4.39. The lowest BCUT2D eigenvalue weighted by Gasteiger charge is -2.15. The summed E-state index contributed by atoms with van der Waals surface area (Å²) in [6.07, 6.45) is -4.46. The molecule has 0 atom stereocenters. The van der Waals surface area contributed by atoms with Crippen molar-refractivity contribution in [3.05, 3.63) is 35.9 Å². The maximum absolute atomic E-state index is 12.3. The number of nitrogens with zero attached hydrogens (tertiary/aromatic N) is 2. The summed E-state index contributed by atoms with van der Waals surface area (Å²) in [4.78, 5) is 0. The first-order valence-corrected chi connectivity index (χ1v) is 4.33. The first-order valence-electron chi connectivity index (χ1n) is 4.33. The maximum atomic E-state index is 12.3. The molecule has 0 spiro atoms. The standard InChI is InChI=1S/C9H8F3N3.ClH/c10-8(11,12)9(14-15-9)13-6-7-4-2-1-3-5-7;/h1-5,13H,6H2;1H. The van der Waals surface area contributed by atoms with E-state index in [2.05, 4.69) is 15.5 Å². The zero-order chi connectivity index (χ0) is 10.9. The molecule has 0 saturated heterocycles. The smallest absolute Gasteiger partial charge is 0.260 e. The summed E-state index contributed by atoms with van der Waals surface area (Å²) in [7, 11) is 0. The monoisotopic (exact) mass is 251 g/mol. The molecule has 3 nitrogen and oxygen atoms in total. The fourth-order valence-electron chi connectivity index (χ4n) is 1.16. The molecule has 7 heteroatoms. The molecule has 16 heavy (non-hydrogen) atoms. The minimum atomic E-state index is -4.46. The Morgan fingerprint density at radius 1 is 1.12 bits per heavy atom. The van der Waals surface area contributed by atoms with Gasteiger partial charge in [-0.05, 0) is 5.56 Å². The van der Waals surface area contributed by atoms with E-state index in [1.807, 2.05) is 0 Å². The fourth-order valence-corrected chi connectivity index (χ4v) is 1.16. The fraction of sp³-hybridized carbons (Fsp3) is 0.333. The molecule has 2 rings (SSSR count). The van der Waals surface area contributed by atoms with Crippen LogP contribution in [0.4, 0.5) is 13.2 Å². The zero-order valence-electron chi connectivity index (χ0n) is 8.03. The number of benzene rings is 1. The van der Waals surface area contributed by atoms with Gasteiger partial charge >= 0.3 is 12.0 Å². The van der Waals surface area contributed by atoms with Crippen molar-refractivity contribution in [2.75, 3.05) is 0 Å². The molecule has 1 aliphatic heterocycles. The Balaban J connectivity index is 0.00000128. The van der Waals surface area contributed by atoms with Crippen LogP contribution in [0.3, 0.4) is 0 Å². The Kier molecular flexibility index (Phi) is 3.54. The molecule has 0 radical (unpaired) electrons. The van der Waals surface area contributed by atoms with Gasteiger partial charge in [0.1, 0.15) is 0 Å². The van der Waals surface area contributed by atoms with E-state index in [4.69, 9.17) is 0 Å². The average Bonchev–Trinajstić information content (AvgIpc) is 2.96. The van der Waals surface area contributed by atoms with Gasteiger partial charge in [0, 0.05) is 6.54 Å². The minimum absolute atomic E-state index is 0.